The summed E-state index contributed by atoms with van der Waals surface area (Å²) in [5.41, 5.74) is 3.02. The van der Waals surface area contributed by atoms with Crippen molar-refractivity contribution in [2.75, 3.05) is 12.4 Å². The van der Waals surface area contributed by atoms with Crippen molar-refractivity contribution in [3.05, 3.63) is 40.5 Å². The van der Waals surface area contributed by atoms with E-state index < -0.39 is 0 Å². The van der Waals surface area contributed by atoms with Gasteiger partial charge < -0.3 is 10.1 Å². The van der Waals surface area contributed by atoms with Crippen molar-refractivity contribution in [3.63, 3.8) is 0 Å². The van der Waals surface area contributed by atoms with Gasteiger partial charge in [0.05, 0.1) is 22.9 Å². The molecule has 0 saturated heterocycles. The van der Waals surface area contributed by atoms with Crippen LogP contribution >= 0.6 is 11.6 Å². The number of fused-ring (bicyclic) bond motifs is 1. The van der Waals surface area contributed by atoms with E-state index in [1.165, 1.54) is 18.4 Å². The number of carbonyl (C=O) groups excluding carboxylic acids is 1. The Morgan fingerprint density at radius 2 is 1.90 bits per heavy atom. The third-order valence-electron chi connectivity index (χ3n) is 8.15. The molecule has 5 nitrogen and oxygen atoms in total. The fourth-order valence-electron chi connectivity index (χ4n) is 7.17. The number of halogens is 1. The van der Waals surface area contributed by atoms with Crippen LogP contribution in [0.5, 0.6) is 0 Å². The zero-order valence-corrected chi connectivity index (χ0v) is 18.1. The third-order valence-corrected chi connectivity index (χ3v) is 8.40. The lowest BCUT2D eigenvalue weighted by Gasteiger charge is -2.58. The Kier molecular flexibility index (Phi) is 4.30. The van der Waals surface area contributed by atoms with Crippen LogP contribution in [0.3, 0.4) is 0 Å². The number of hydrogen-bond acceptors (Lipinski definition) is 3. The topological polar surface area (TPSA) is 56.1 Å². The maximum Gasteiger partial charge on any atom is 0.231 e. The van der Waals surface area contributed by atoms with Gasteiger partial charge in [-0.25, -0.2) is 4.68 Å². The summed E-state index contributed by atoms with van der Waals surface area (Å²) in [5.74, 6) is 2.79. The molecule has 0 aliphatic heterocycles. The lowest BCUT2D eigenvalue weighted by atomic mass is 9.48. The molecule has 4 fully saturated rings. The first-order valence-corrected chi connectivity index (χ1v) is 11.6. The number of amides is 1. The maximum atomic E-state index is 13.8. The molecule has 30 heavy (non-hydrogen) atoms. The molecule has 6 heteroatoms. The zero-order valence-electron chi connectivity index (χ0n) is 17.4. The highest BCUT2D eigenvalue weighted by atomic mass is 35.5. The van der Waals surface area contributed by atoms with E-state index in [1.807, 2.05) is 36.1 Å². The molecule has 7 rings (SSSR count). The molecule has 2 unspecified atom stereocenters. The number of carbonyl (C=O) groups is 1. The van der Waals surface area contributed by atoms with Crippen molar-refractivity contribution in [2.45, 2.75) is 57.5 Å². The molecule has 2 aromatic rings. The number of anilines is 1. The number of aromatic nitrogens is 2. The molecule has 0 radical (unpaired) electrons. The van der Waals surface area contributed by atoms with E-state index in [0.717, 1.165) is 55.7 Å². The summed E-state index contributed by atoms with van der Waals surface area (Å²) in [6, 6.07) is 7.68. The van der Waals surface area contributed by atoms with Crippen LogP contribution in [0.4, 0.5) is 5.82 Å². The minimum Gasteiger partial charge on any atom is -0.381 e. The van der Waals surface area contributed by atoms with Gasteiger partial charge in [0.25, 0.3) is 0 Å². The van der Waals surface area contributed by atoms with E-state index in [9.17, 15) is 4.79 Å². The average molecular weight is 426 g/mol. The van der Waals surface area contributed by atoms with E-state index in [1.54, 1.807) is 0 Å². The van der Waals surface area contributed by atoms with Gasteiger partial charge >= 0.3 is 0 Å². The van der Waals surface area contributed by atoms with Crippen molar-refractivity contribution in [2.24, 2.45) is 23.2 Å². The van der Waals surface area contributed by atoms with Gasteiger partial charge in [-0.15, -0.1) is 0 Å². The molecule has 5 aliphatic rings. The van der Waals surface area contributed by atoms with E-state index in [0.29, 0.717) is 28.9 Å². The van der Waals surface area contributed by atoms with Gasteiger partial charge in [-0.05, 0) is 93.4 Å². The van der Waals surface area contributed by atoms with Gasteiger partial charge in [-0.2, -0.15) is 5.10 Å². The van der Waals surface area contributed by atoms with E-state index >= 15 is 0 Å². The highest BCUT2D eigenvalue weighted by Gasteiger charge is 2.58. The number of nitrogens with one attached hydrogen (secondary N) is 1. The lowest BCUT2D eigenvalue weighted by molar-refractivity contribution is -0.164. The van der Waals surface area contributed by atoms with Crippen LogP contribution in [0.2, 0.25) is 5.02 Å². The largest absolute Gasteiger partial charge is 0.381 e. The van der Waals surface area contributed by atoms with Crippen LogP contribution in [0.25, 0.3) is 5.69 Å². The smallest absolute Gasteiger partial charge is 0.231 e. The number of hydrogen-bond donors (Lipinski definition) is 1. The lowest BCUT2D eigenvalue weighted by Crippen LogP contribution is -2.57. The summed E-state index contributed by atoms with van der Waals surface area (Å²) in [5, 5.41) is 8.94. The summed E-state index contributed by atoms with van der Waals surface area (Å²) >= 11 is 6.09. The Morgan fingerprint density at radius 3 is 2.60 bits per heavy atom. The van der Waals surface area contributed by atoms with Crippen molar-refractivity contribution < 1.29 is 9.53 Å². The van der Waals surface area contributed by atoms with Gasteiger partial charge in [-0.3, -0.25) is 4.79 Å². The predicted molar refractivity (Wildman–Crippen MR) is 116 cm³/mol. The van der Waals surface area contributed by atoms with Crippen LogP contribution in [-0.4, -0.2) is 28.9 Å². The standard InChI is InChI=1S/C24H28ClN3O2/c1-30-21-15-9-14-10-16(21)13-24(11-14,12-15)23(29)26-22-19-3-2-4-20(19)27-28(22)18-7-5-17(25)6-8-18/h5-8,14-16,21H,2-4,9-13H2,1H3,(H,26,29). The number of rotatable bonds is 4. The Labute approximate surface area is 182 Å². The first kappa shape index (κ1) is 18.9. The summed E-state index contributed by atoms with van der Waals surface area (Å²) in [7, 11) is 1.84. The molecular formula is C24H28ClN3O2. The normalized spacial score (nSPS) is 33.7. The van der Waals surface area contributed by atoms with E-state index in [4.69, 9.17) is 21.4 Å². The van der Waals surface area contributed by atoms with Crippen molar-refractivity contribution in [1.82, 2.24) is 9.78 Å². The van der Waals surface area contributed by atoms with Crippen LogP contribution in [0.1, 0.15) is 49.8 Å². The fourth-order valence-corrected chi connectivity index (χ4v) is 7.30. The quantitative estimate of drug-likeness (QED) is 0.765. The monoisotopic (exact) mass is 425 g/mol. The fraction of sp³-hybridized carbons (Fsp3) is 0.583. The number of benzene rings is 1. The summed E-state index contributed by atoms with van der Waals surface area (Å²) < 4.78 is 7.76. The Morgan fingerprint density at radius 1 is 1.17 bits per heavy atom. The van der Waals surface area contributed by atoms with Gasteiger partial charge in [-0.1, -0.05) is 11.6 Å². The second-order valence-corrected chi connectivity index (χ2v) is 10.4. The van der Waals surface area contributed by atoms with Crippen LogP contribution in [0.15, 0.2) is 24.3 Å². The van der Waals surface area contributed by atoms with Gasteiger partial charge in [0, 0.05) is 17.7 Å². The minimum atomic E-state index is -0.244. The second-order valence-electron chi connectivity index (χ2n) is 9.92. The third kappa shape index (κ3) is 2.78. The molecule has 1 heterocycles. The molecule has 158 valence electrons. The molecule has 1 N–H and O–H groups in total. The highest BCUT2D eigenvalue weighted by molar-refractivity contribution is 6.30. The van der Waals surface area contributed by atoms with Gasteiger partial charge in [0.2, 0.25) is 5.91 Å². The molecule has 4 saturated carbocycles. The number of aryl methyl sites for hydroxylation is 1. The molecule has 2 atom stereocenters. The van der Waals surface area contributed by atoms with Crippen LogP contribution in [0, 0.1) is 23.2 Å². The molecule has 0 spiro atoms. The summed E-state index contributed by atoms with van der Waals surface area (Å²) in [6.07, 6.45) is 8.80. The minimum absolute atomic E-state index is 0.196. The molecule has 1 aromatic heterocycles. The summed E-state index contributed by atoms with van der Waals surface area (Å²) in [4.78, 5) is 13.8. The van der Waals surface area contributed by atoms with Gasteiger partial charge in [0.1, 0.15) is 5.82 Å². The van der Waals surface area contributed by atoms with Crippen molar-refractivity contribution >= 4 is 23.3 Å². The Bertz CT molecular complexity index is 983. The predicted octanol–water partition coefficient (Wildman–Crippen LogP) is 4.79. The SMILES string of the molecule is COC1C2CC3CC1CC(C(=O)Nc1c4c(nn1-c1ccc(Cl)cc1)CCC4)(C3)C2. The Balaban J connectivity index is 1.34. The number of nitrogens with zero attached hydrogens (tertiary/aromatic N) is 2. The zero-order chi connectivity index (χ0) is 20.5. The van der Waals surface area contributed by atoms with E-state index in [-0.39, 0.29) is 11.3 Å². The number of methoxy groups -OCH3 is 1. The van der Waals surface area contributed by atoms with Crippen molar-refractivity contribution in [3.8, 4) is 5.69 Å². The molecule has 1 aromatic carbocycles. The second kappa shape index (κ2) is 6.83. The van der Waals surface area contributed by atoms with Gasteiger partial charge in [0.15, 0.2) is 0 Å². The average Bonchev–Trinajstić information content (AvgIpc) is 3.31. The molecular weight excluding hydrogens is 398 g/mol. The molecule has 1 amide bonds. The number of ether oxygens (including phenoxy) is 1. The van der Waals surface area contributed by atoms with Crippen LogP contribution in [-0.2, 0) is 22.4 Å². The van der Waals surface area contributed by atoms with E-state index in [2.05, 4.69) is 5.32 Å². The first-order chi connectivity index (χ1) is 14.6. The van der Waals surface area contributed by atoms with Crippen molar-refractivity contribution in [1.29, 1.82) is 0 Å². The molecule has 4 bridgehead atoms. The summed E-state index contributed by atoms with van der Waals surface area (Å²) in [6.45, 7) is 0. The van der Waals surface area contributed by atoms with Crippen LogP contribution < -0.4 is 5.32 Å². The highest BCUT2D eigenvalue weighted by Crippen LogP contribution is 2.61. The maximum absolute atomic E-state index is 13.8. The first-order valence-electron chi connectivity index (χ1n) is 11.3. The Hall–Kier alpha value is -1.85. The molecule has 5 aliphatic carbocycles.